The van der Waals surface area contributed by atoms with Crippen LogP contribution in [0, 0.1) is 0 Å². The first-order chi connectivity index (χ1) is 9.66. The van der Waals surface area contributed by atoms with Crippen molar-refractivity contribution in [2.24, 2.45) is 0 Å². The van der Waals surface area contributed by atoms with Crippen LogP contribution in [-0.4, -0.2) is 48.4 Å². The average molecular weight is 272 g/mol. The van der Waals surface area contributed by atoms with Crippen LogP contribution in [0.3, 0.4) is 0 Å². The number of hydrogen-bond acceptors (Lipinski definition) is 2. The quantitative estimate of drug-likeness (QED) is 0.790. The molecule has 1 saturated heterocycles. The standard InChI is InChI=1S/C17H24N2O/c1-15(2)9-12-18-10-6-11-19(14-13-18)17(20)16-7-4-3-5-8-16/h3-5,7-9H,6,10-14H2,1-2H3. The van der Waals surface area contributed by atoms with Crippen molar-refractivity contribution in [1.82, 2.24) is 9.80 Å². The molecular weight excluding hydrogens is 248 g/mol. The van der Waals surface area contributed by atoms with E-state index in [1.54, 1.807) is 0 Å². The van der Waals surface area contributed by atoms with Crippen molar-refractivity contribution >= 4 is 5.91 Å². The number of benzene rings is 1. The number of nitrogens with zero attached hydrogens (tertiary/aromatic N) is 2. The lowest BCUT2D eigenvalue weighted by Gasteiger charge is -2.21. The number of hydrogen-bond donors (Lipinski definition) is 0. The molecular formula is C17H24N2O. The third-order valence-electron chi connectivity index (χ3n) is 3.65. The van der Waals surface area contributed by atoms with Gasteiger partial charge in [0.25, 0.3) is 5.91 Å². The lowest BCUT2D eigenvalue weighted by atomic mass is 10.2. The fraction of sp³-hybridized carbons (Fsp3) is 0.471. The van der Waals surface area contributed by atoms with Gasteiger partial charge in [-0.05, 0) is 32.4 Å². The highest BCUT2D eigenvalue weighted by atomic mass is 16.2. The SMILES string of the molecule is CC(C)=CCN1CCCN(C(=O)c2ccccc2)CC1. The Bertz CT molecular complexity index is 463. The molecule has 1 aromatic rings. The van der Waals surface area contributed by atoms with Crippen molar-refractivity contribution in [1.29, 1.82) is 0 Å². The molecule has 0 saturated carbocycles. The van der Waals surface area contributed by atoms with Crippen LogP contribution in [-0.2, 0) is 0 Å². The molecule has 1 aliphatic heterocycles. The molecule has 1 aliphatic rings. The molecule has 0 unspecified atom stereocenters. The predicted molar refractivity (Wildman–Crippen MR) is 82.8 cm³/mol. The minimum Gasteiger partial charge on any atom is -0.337 e. The number of rotatable bonds is 3. The Balaban J connectivity index is 1.93. The van der Waals surface area contributed by atoms with Crippen molar-refractivity contribution in [2.45, 2.75) is 20.3 Å². The highest BCUT2D eigenvalue weighted by Crippen LogP contribution is 2.09. The molecule has 0 aliphatic carbocycles. The largest absolute Gasteiger partial charge is 0.337 e. The van der Waals surface area contributed by atoms with Crippen molar-refractivity contribution in [3.05, 3.63) is 47.5 Å². The number of carbonyl (C=O) groups is 1. The summed E-state index contributed by atoms with van der Waals surface area (Å²) in [6.07, 6.45) is 3.31. The van der Waals surface area contributed by atoms with Gasteiger partial charge in [0, 0.05) is 38.3 Å². The highest BCUT2D eigenvalue weighted by Gasteiger charge is 2.19. The van der Waals surface area contributed by atoms with Gasteiger partial charge in [-0.25, -0.2) is 0 Å². The Hall–Kier alpha value is -1.61. The number of amides is 1. The lowest BCUT2D eigenvalue weighted by Crippen LogP contribution is -2.35. The third-order valence-corrected chi connectivity index (χ3v) is 3.65. The van der Waals surface area contributed by atoms with Gasteiger partial charge in [-0.15, -0.1) is 0 Å². The second-order valence-electron chi connectivity index (χ2n) is 5.59. The third kappa shape index (κ3) is 4.20. The van der Waals surface area contributed by atoms with Crippen LogP contribution < -0.4 is 0 Å². The van der Waals surface area contributed by atoms with E-state index in [0.717, 1.165) is 44.7 Å². The number of carbonyl (C=O) groups excluding carboxylic acids is 1. The van der Waals surface area contributed by atoms with Gasteiger partial charge in [0.2, 0.25) is 0 Å². The molecule has 1 amide bonds. The van der Waals surface area contributed by atoms with Crippen molar-refractivity contribution in [2.75, 3.05) is 32.7 Å². The summed E-state index contributed by atoms with van der Waals surface area (Å²) in [5.74, 6) is 0.162. The molecule has 0 aromatic heterocycles. The summed E-state index contributed by atoms with van der Waals surface area (Å²) >= 11 is 0. The average Bonchev–Trinajstić information content (AvgIpc) is 2.71. The maximum absolute atomic E-state index is 12.4. The normalized spacial score (nSPS) is 16.6. The minimum atomic E-state index is 0.162. The molecule has 108 valence electrons. The molecule has 0 N–H and O–H groups in total. The molecule has 1 aromatic carbocycles. The Morgan fingerprint density at radius 1 is 1.10 bits per heavy atom. The van der Waals surface area contributed by atoms with Gasteiger partial charge in [0.15, 0.2) is 0 Å². The Labute approximate surface area is 121 Å². The monoisotopic (exact) mass is 272 g/mol. The van der Waals surface area contributed by atoms with E-state index in [0.29, 0.717) is 0 Å². The summed E-state index contributed by atoms with van der Waals surface area (Å²) in [6, 6.07) is 9.58. The van der Waals surface area contributed by atoms with Crippen LogP contribution in [0.5, 0.6) is 0 Å². The first-order valence-corrected chi connectivity index (χ1v) is 7.37. The molecule has 1 heterocycles. The lowest BCUT2D eigenvalue weighted by molar-refractivity contribution is 0.0762. The Kier molecular flexibility index (Phi) is 5.36. The molecule has 2 rings (SSSR count). The summed E-state index contributed by atoms with van der Waals surface area (Å²) in [5.41, 5.74) is 2.15. The van der Waals surface area contributed by atoms with E-state index in [1.165, 1.54) is 5.57 Å². The second-order valence-corrected chi connectivity index (χ2v) is 5.59. The smallest absolute Gasteiger partial charge is 0.253 e. The van der Waals surface area contributed by atoms with Gasteiger partial charge in [0.1, 0.15) is 0 Å². The topological polar surface area (TPSA) is 23.6 Å². The zero-order valence-electron chi connectivity index (χ0n) is 12.5. The van der Waals surface area contributed by atoms with E-state index in [4.69, 9.17) is 0 Å². The summed E-state index contributed by atoms with van der Waals surface area (Å²) in [5, 5.41) is 0. The molecule has 3 nitrogen and oxygen atoms in total. The van der Waals surface area contributed by atoms with Crippen molar-refractivity contribution in [3.8, 4) is 0 Å². The van der Waals surface area contributed by atoms with Gasteiger partial charge < -0.3 is 4.90 Å². The summed E-state index contributed by atoms with van der Waals surface area (Å²) in [6.45, 7) is 8.97. The van der Waals surface area contributed by atoms with Crippen LogP contribution in [0.4, 0.5) is 0 Å². The molecule has 20 heavy (non-hydrogen) atoms. The minimum absolute atomic E-state index is 0.162. The highest BCUT2D eigenvalue weighted by molar-refractivity contribution is 5.94. The first-order valence-electron chi connectivity index (χ1n) is 7.37. The van der Waals surface area contributed by atoms with Crippen LogP contribution in [0.15, 0.2) is 42.0 Å². The fourth-order valence-electron chi connectivity index (χ4n) is 2.43. The maximum Gasteiger partial charge on any atom is 0.253 e. The van der Waals surface area contributed by atoms with Crippen LogP contribution in [0.2, 0.25) is 0 Å². The summed E-state index contributed by atoms with van der Waals surface area (Å²) in [7, 11) is 0. The molecule has 0 spiro atoms. The van der Waals surface area contributed by atoms with Gasteiger partial charge in [-0.2, -0.15) is 0 Å². The molecule has 3 heteroatoms. The fourth-order valence-corrected chi connectivity index (χ4v) is 2.43. The first kappa shape index (κ1) is 14.8. The summed E-state index contributed by atoms with van der Waals surface area (Å²) in [4.78, 5) is 16.8. The number of allylic oxidation sites excluding steroid dienone is 1. The van der Waals surface area contributed by atoms with Crippen LogP contribution in [0.25, 0.3) is 0 Å². The zero-order chi connectivity index (χ0) is 14.4. The summed E-state index contributed by atoms with van der Waals surface area (Å²) < 4.78 is 0. The van der Waals surface area contributed by atoms with E-state index < -0.39 is 0 Å². The zero-order valence-corrected chi connectivity index (χ0v) is 12.5. The second kappa shape index (κ2) is 7.25. The molecule has 0 atom stereocenters. The van der Waals surface area contributed by atoms with Gasteiger partial charge in [0.05, 0.1) is 0 Å². The Morgan fingerprint density at radius 3 is 2.55 bits per heavy atom. The van der Waals surface area contributed by atoms with E-state index in [9.17, 15) is 4.79 Å². The van der Waals surface area contributed by atoms with Gasteiger partial charge >= 0.3 is 0 Å². The predicted octanol–water partition coefficient (Wildman–Crippen LogP) is 2.80. The Morgan fingerprint density at radius 2 is 1.85 bits per heavy atom. The van der Waals surface area contributed by atoms with Gasteiger partial charge in [-0.3, -0.25) is 9.69 Å². The van der Waals surface area contributed by atoms with Crippen LogP contribution >= 0.6 is 0 Å². The van der Waals surface area contributed by atoms with Crippen LogP contribution in [0.1, 0.15) is 30.6 Å². The van der Waals surface area contributed by atoms with Crippen molar-refractivity contribution < 1.29 is 4.79 Å². The van der Waals surface area contributed by atoms with Crippen molar-refractivity contribution in [3.63, 3.8) is 0 Å². The molecule has 0 bridgehead atoms. The van der Waals surface area contributed by atoms with E-state index in [-0.39, 0.29) is 5.91 Å². The van der Waals surface area contributed by atoms with E-state index in [2.05, 4.69) is 24.8 Å². The van der Waals surface area contributed by atoms with E-state index >= 15 is 0 Å². The van der Waals surface area contributed by atoms with Gasteiger partial charge in [-0.1, -0.05) is 29.8 Å². The molecule has 0 radical (unpaired) electrons. The maximum atomic E-state index is 12.4. The molecule has 1 fully saturated rings. The van der Waals surface area contributed by atoms with E-state index in [1.807, 2.05) is 35.2 Å².